The third-order valence-electron chi connectivity index (χ3n) is 1.43. The van der Waals surface area contributed by atoms with Crippen LogP contribution in [0.2, 0.25) is 0 Å². The highest BCUT2D eigenvalue weighted by Crippen LogP contribution is 2.60. The fourth-order valence-corrected chi connectivity index (χ4v) is 3.73. The molecule has 11 nitrogen and oxygen atoms in total. The average molecular weight is 314 g/mol. The molecule has 0 saturated heterocycles. The molecule has 0 atom stereocenters. The minimum atomic E-state index is -5.46. The zero-order valence-electron chi connectivity index (χ0n) is 8.02. The maximum Gasteiger partial charge on any atom is 0.354 e. The van der Waals surface area contributed by atoms with E-state index in [1.54, 1.807) is 0 Å². The van der Waals surface area contributed by atoms with Crippen LogP contribution >= 0.6 is 15.2 Å². The van der Waals surface area contributed by atoms with E-state index >= 15 is 0 Å². The molecular formula is C3H10NO10P2S-. The second kappa shape index (κ2) is 5.41. The van der Waals surface area contributed by atoms with Gasteiger partial charge < -0.3 is 29.8 Å². The molecule has 5 N–H and O–H groups in total. The van der Waals surface area contributed by atoms with E-state index in [0.717, 1.165) is 0 Å². The van der Waals surface area contributed by atoms with Crippen LogP contribution in [0, 0.1) is 5.21 Å². The van der Waals surface area contributed by atoms with Crippen molar-refractivity contribution in [1.29, 1.82) is 0 Å². The molecule has 0 aromatic rings. The van der Waals surface area contributed by atoms with E-state index in [9.17, 15) is 22.8 Å². The summed E-state index contributed by atoms with van der Waals surface area (Å²) < 4.78 is 50.2. The summed E-state index contributed by atoms with van der Waals surface area (Å²) in [6, 6.07) is 0. The van der Waals surface area contributed by atoms with Gasteiger partial charge in [0.05, 0.1) is 5.75 Å². The monoisotopic (exact) mass is 314 g/mol. The Morgan fingerprint density at radius 2 is 1.47 bits per heavy atom. The Balaban J connectivity index is 4.99. The first kappa shape index (κ1) is 17.1. The minimum absolute atomic E-state index is 0.755. The van der Waals surface area contributed by atoms with Gasteiger partial charge in [-0.25, -0.2) is 0 Å². The van der Waals surface area contributed by atoms with Gasteiger partial charge in [-0.05, 0) is 0 Å². The summed E-state index contributed by atoms with van der Waals surface area (Å²) in [5.74, 6) is -1.22. The molecule has 17 heavy (non-hydrogen) atoms. The zero-order valence-corrected chi connectivity index (χ0v) is 10.6. The van der Waals surface area contributed by atoms with E-state index in [1.165, 1.54) is 0 Å². The molecule has 14 heteroatoms. The van der Waals surface area contributed by atoms with Gasteiger partial charge in [-0.2, -0.15) is 8.42 Å². The van der Waals surface area contributed by atoms with Gasteiger partial charge >= 0.3 is 15.2 Å². The van der Waals surface area contributed by atoms with Crippen molar-refractivity contribution in [1.82, 2.24) is 5.06 Å². The Morgan fingerprint density at radius 1 is 1.12 bits per heavy atom. The molecule has 0 radical (unpaired) electrons. The van der Waals surface area contributed by atoms with E-state index in [1.807, 2.05) is 0 Å². The molecule has 0 aliphatic rings. The molecule has 0 bridgehead atoms. The van der Waals surface area contributed by atoms with Crippen LogP contribution in [0.4, 0.5) is 0 Å². The molecule has 0 aliphatic heterocycles. The molecule has 0 fully saturated rings. The lowest BCUT2D eigenvalue weighted by Gasteiger charge is -2.36. The number of hydrogen-bond acceptors (Lipinski definition) is 6. The lowest BCUT2D eigenvalue weighted by Crippen LogP contribution is -2.33. The fraction of sp³-hybridized carbons (Fsp3) is 1.00. The number of hydrogen-bond donors (Lipinski definition) is 5. The van der Waals surface area contributed by atoms with Crippen LogP contribution in [0.1, 0.15) is 0 Å². The van der Waals surface area contributed by atoms with E-state index in [4.69, 9.17) is 24.1 Å². The van der Waals surface area contributed by atoms with Crippen molar-refractivity contribution in [2.75, 3.05) is 12.3 Å². The van der Waals surface area contributed by atoms with Crippen LogP contribution < -0.4 is 0 Å². The van der Waals surface area contributed by atoms with Gasteiger partial charge in [0.25, 0.3) is 10.1 Å². The standard InChI is InChI=1S/C3H10NO10P2S/c5-4(1-2-17(12,13)14)3(15(6,7)8)16(9,10)11/h3H,1-2H2,(H2,6,7,8)(H2,9,10,11)(H,12,13,14)/q-1. The zero-order chi connectivity index (χ0) is 14.1. The Bertz CT molecular complexity index is 424. The topological polar surface area (TPSA) is 196 Å². The summed E-state index contributed by atoms with van der Waals surface area (Å²) in [6.45, 7) is -1.19. The quantitative estimate of drug-likeness (QED) is 0.213. The van der Waals surface area contributed by atoms with Gasteiger partial charge in [0.1, 0.15) is 0 Å². The molecule has 0 spiro atoms. The molecule has 0 rings (SSSR count). The lowest BCUT2D eigenvalue weighted by atomic mass is 10.7. The third kappa shape index (κ3) is 6.58. The smallest absolute Gasteiger partial charge is 0.354 e. The van der Waals surface area contributed by atoms with Gasteiger partial charge in [0.2, 0.25) is 5.52 Å². The maximum atomic E-state index is 11.0. The van der Waals surface area contributed by atoms with Crippen molar-refractivity contribution in [3.63, 3.8) is 0 Å². The normalized spacial score (nSPS) is 14.6. The predicted molar refractivity (Wildman–Crippen MR) is 54.4 cm³/mol. The average Bonchev–Trinajstić information content (AvgIpc) is 1.93. The molecule has 0 aromatic heterocycles. The summed E-state index contributed by atoms with van der Waals surface area (Å²) in [6.07, 6.45) is 0. The van der Waals surface area contributed by atoms with E-state index in [0.29, 0.717) is 0 Å². The predicted octanol–water partition coefficient (Wildman–Crippen LogP) is -1.69. The first-order valence-electron chi connectivity index (χ1n) is 3.74. The third-order valence-corrected chi connectivity index (χ3v) is 5.65. The lowest BCUT2D eigenvalue weighted by molar-refractivity contribution is 0.277. The first-order valence-corrected chi connectivity index (χ1v) is 8.72. The van der Waals surface area contributed by atoms with Crippen molar-refractivity contribution in [2.24, 2.45) is 0 Å². The van der Waals surface area contributed by atoms with E-state index in [2.05, 4.69) is 0 Å². The Hall–Kier alpha value is 0.130. The SMILES string of the molecule is O=P(O)(O)C(N([O-])CCS(=O)(=O)O)P(=O)(O)O. The molecule has 0 aliphatic carbocycles. The van der Waals surface area contributed by atoms with Crippen molar-refractivity contribution in [3.8, 4) is 0 Å². The second-order valence-electron chi connectivity index (χ2n) is 2.95. The minimum Gasteiger partial charge on any atom is -0.784 e. The molecular weight excluding hydrogens is 304 g/mol. The van der Waals surface area contributed by atoms with Gasteiger partial charge in [-0.1, -0.05) is 0 Å². The Kier molecular flexibility index (Phi) is 5.45. The van der Waals surface area contributed by atoms with Gasteiger partial charge in [-0.3, -0.25) is 13.7 Å². The largest absolute Gasteiger partial charge is 0.784 e. The van der Waals surface area contributed by atoms with Crippen molar-refractivity contribution in [2.45, 2.75) is 5.52 Å². The molecule has 0 unspecified atom stereocenters. The number of nitrogens with zero attached hydrogens (tertiary/aromatic N) is 1. The number of rotatable bonds is 6. The Labute approximate surface area is 95.7 Å². The maximum absolute atomic E-state index is 11.0. The molecule has 0 amide bonds. The van der Waals surface area contributed by atoms with Crippen LogP contribution in [0.25, 0.3) is 0 Å². The highest BCUT2D eigenvalue weighted by molar-refractivity contribution is 7.85. The Morgan fingerprint density at radius 3 is 1.71 bits per heavy atom. The summed E-state index contributed by atoms with van der Waals surface area (Å²) >= 11 is 0. The molecule has 0 aromatic carbocycles. The van der Waals surface area contributed by atoms with Crippen LogP contribution in [-0.4, -0.2) is 55.4 Å². The van der Waals surface area contributed by atoms with Gasteiger partial charge in [0, 0.05) is 6.54 Å². The fourth-order valence-electron chi connectivity index (χ4n) is 0.852. The summed E-state index contributed by atoms with van der Waals surface area (Å²) in [4.78, 5) is 34.3. The highest BCUT2D eigenvalue weighted by atomic mass is 32.2. The van der Waals surface area contributed by atoms with Crippen LogP contribution in [-0.2, 0) is 19.2 Å². The molecule has 0 heterocycles. The number of hydroxylamine groups is 2. The van der Waals surface area contributed by atoms with Gasteiger partial charge in [0.15, 0.2) is 0 Å². The molecule has 104 valence electrons. The summed E-state index contributed by atoms with van der Waals surface area (Å²) in [7, 11) is -15.5. The van der Waals surface area contributed by atoms with Crippen molar-refractivity contribution in [3.05, 3.63) is 5.21 Å². The van der Waals surface area contributed by atoms with Crippen molar-refractivity contribution >= 4 is 25.3 Å². The van der Waals surface area contributed by atoms with Crippen LogP contribution in [0.3, 0.4) is 0 Å². The van der Waals surface area contributed by atoms with Crippen molar-refractivity contribution < 1.29 is 41.7 Å². The van der Waals surface area contributed by atoms with Crippen LogP contribution in [0.5, 0.6) is 0 Å². The van der Waals surface area contributed by atoms with Gasteiger partial charge in [-0.15, -0.1) is 0 Å². The molecule has 0 saturated carbocycles. The highest BCUT2D eigenvalue weighted by Gasteiger charge is 2.44. The summed E-state index contributed by atoms with van der Waals surface area (Å²) in [5.41, 5.74) is -2.99. The van der Waals surface area contributed by atoms with Crippen LogP contribution in [0.15, 0.2) is 0 Å². The first-order chi connectivity index (χ1) is 7.25. The van der Waals surface area contributed by atoms with E-state index < -0.39 is 48.2 Å². The second-order valence-corrected chi connectivity index (χ2v) is 8.27. The van der Waals surface area contributed by atoms with E-state index in [-0.39, 0.29) is 0 Å². The summed E-state index contributed by atoms with van der Waals surface area (Å²) in [5, 5.41) is 10.3.